The Labute approximate surface area is 114 Å². The van der Waals surface area contributed by atoms with E-state index in [2.05, 4.69) is 39.9 Å². The van der Waals surface area contributed by atoms with Gasteiger partial charge in [-0.15, -0.1) is 0 Å². The second-order valence-corrected chi connectivity index (χ2v) is 4.27. The van der Waals surface area contributed by atoms with Gasteiger partial charge in [0.1, 0.15) is 5.52 Å². The van der Waals surface area contributed by atoms with Crippen molar-refractivity contribution in [2.45, 2.75) is 0 Å². The molecule has 21 heavy (non-hydrogen) atoms. The molecular formula is C10H8N10O. The summed E-state index contributed by atoms with van der Waals surface area (Å²) in [6, 6.07) is 0. The quantitative estimate of drug-likeness (QED) is 0.299. The fourth-order valence-electron chi connectivity index (χ4n) is 1.99. The van der Waals surface area contributed by atoms with Crippen LogP contribution in [0.15, 0.2) is 11.1 Å². The standard InChI is InChI=1S/C10H8N10O/c11-4-2-5(14-1-13-2)17-8(16-4)7-15-3-6(18-7)19-10(12)20-9(3)21/h1H,(H3,11,13,14,16,17)(H4,12,15,18,19,20,21). The average molecular weight is 284 g/mol. The van der Waals surface area contributed by atoms with Gasteiger partial charge in [0.2, 0.25) is 5.95 Å². The molecule has 4 aromatic rings. The number of anilines is 2. The van der Waals surface area contributed by atoms with Crippen LogP contribution in [0.25, 0.3) is 34.0 Å². The van der Waals surface area contributed by atoms with Gasteiger partial charge in [-0.2, -0.15) is 4.98 Å². The van der Waals surface area contributed by atoms with Crippen molar-refractivity contribution in [2.75, 3.05) is 11.5 Å². The summed E-state index contributed by atoms with van der Waals surface area (Å²) >= 11 is 0. The van der Waals surface area contributed by atoms with Gasteiger partial charge in [-0.05, 0) is 0 Å². The number of rotatable bonds is 1. The molecule has 0 aromatic carbocycles. The van der Waals surface area contributed by atoms with Gasteiger partial charge < -0.3 is 21.4 Å². The first-order valence-electron chi connectivity index (χ1n) is 5.84. The maximum absolute atomic E-state index is 11.8. The highest BCUT2D eigenvalue weighted by Crippen LogP contribution is 2.19. The third-order valence-electron chi connectivity index (χ3n) is 2.91. The Bertz CT molecular complexity index is 1040. The molecule has 0 aliphatic carbocycles. The normalized spacial score (nSPS) is 11.4. The molecule has 7 N–H and O–H groups in total. The molecule has 0 radical (unpaired) electrons. The van der Waals surface area contributed by atoms with E-state index in [0.717, 1.165) is 0 Å². The van der Waals surface area contributed by atoms with Crippen molar-refractivity contribution in [3.05, 3.63) is 16.7 Å². The van der Waals surface area contributed by atoms with Crippen LogP contribution in [-0.4, -0.2) is 39.9 Å². The van der Waals surface area contributed by atoms with Gasteiger partial charge >= 0.3 is 0 Å². The summed E-state index contributed by atoms with van der Waals surface area (Å²) in [5.41, 5.74) is 12.2. The fourth-order valence-corrected chi connectivity index (χ4v) is 1.99. The maximum atomic E-state index is 11.8. The molecule has 11 nitrogen and oxygen atoms in total. The molecule has 0 aliphatic rings. The summed E-state index contributed by atoms with van der Waals surface area (Å²) in [4.78, 5) is 40.2. The lowest BCUT2D eigenvalue weighted by atomic mass is 10.4. The first kappa shape index (κ1) is 11.3. The molecule has 0 spiro atoms. The molecule has 0 atom stereocenters. The van der Waals surface area contributed by atoms with Gasteiger partial charge in [-0.25, -0.2) is 19.9 Å². The zero-order valence-corrected chi connectivity index (χ0v) is 10.4. The molecule has 4 aromatic heterocycles. The van der Waals surface area contributed by atoms with Crippen LogP contribution in [-0.2, 0) is 0 Å². The number of nitrogen functional groups attached to an aromatic ring is 2. The lowest BCUT2D eigenvalue weighted by Crippen LogP contribution is -2.10. The number of imidazole rings is 2. The third kappa shape index (κ3) is 1.60. The molecule has 11 heteroatoms. The number of aromatic amines is 3. The lowest BCUT2D eigenvalue weighted by Gasteiger charge is -1.98. The van der Waals surface area contributed by atoms with Crippen LogP contribution in [0.3, 0.4) is 0 Å². The Morgan fingerprint density at radius 1 is 0.952 bits per heavy atom. The molecule has 4 heterocycles. The Kier molecular flexibility index (Phi) is 2.03. The van der Waals surface area contributed by atoms with E-state index in [9.17, 15) is 4.79 Å². The Morgan fingerprint density at radius 3 is 2.67 bits per heavy atom. The highest BCUT2D eigenvalue weighted by molar-refractivity contribution is 5.83. The number of nitrogens with one attached hydrogen (secondary N) is 3. The number of nitrogens with two attached hydrogens (primary N) is 2. The third-order valence-corrected chi connectivity index (χ3v) is 2.91. The van der Waals surface area contributed by atoms with Crippen molar-refractivity contribution in [3.8, 4) is 11.6 Å². The van der Waals surface area contributed by atoms with Crippen molar-refractivity contribution in [3.63, 3.8) is 0 Å². The summed E-state index contributed by atoms with van der Waals surface area (Å²) in [6.45, 7) is 0. The summed E-state index contributed by atoms with van der Waals surface area (Å²) in [5.74, 6) is 0.677. The molecule has 104 valence electrons. The zero-order chi connectivity index (χ0) is 14.6. The fraction of sp³-hybridized carbons (Fsp3) is 0. The van der Waals surface area contributed by atoms with Crippen LogP contribution >= 0.6 is 0 Å². The van der Waals surface area contributed by atoms with Crippen LogP contribution in [0, 0.1) is 0 Å². The largest absolute Gasteiger partial charge is 0.382 e. The van der Waals surface area contributed by atoms with Gasteiger partial charge in [0, 0.05) is 0 Å². The van der Waals surface area contributed by atoms with Crippen molar-refractivity contribution in [1.29, 1.82) is 0 Å². The summed E-state index contributed by atoms with van der Waals surface area (Å²) in [6.07, 6.45) is 1.46. The topological polar surface area (TPSA) is 181 Å². The number of aromatic nitrogens is 8. The molecule has 0 aliphatic heterocycles. The molecule has 0 fully saturated rings. The average Bonchev–Trinajstić information content (AvgIpc) is 3.04. The molecule has 0 bridgehead atoms. The summed E-state index contributed by atoms with van der Waals surface area (Å²) in [7, 11) is 0. The highest BCUT2D eigenvalue weighted by atomic mass is 16.1. The maximum Gasteiger partial charge on any atom is 0.278 e. The minimum absolute atomic E-state index is 0.0197. The predicted molar refractivity (Wildman–Crippen MR) is 74.0 cm³/mol. The number of hydrogen-bond donors (Lipinski definition) is 5. The van der Waals surface area contributed by atoms with E-state index in [4.69, 9.17) is 11.5 Å². The predicted octanol–water partition coefficient (Wildman–Crippen LogP) is -0.856. The minimum Gasteiger partial charge on any atom is -0.382 e. The van der Waals surface area contributed by atoms with E-state index in [1.54, 1.807) is 0 Å². The number of hydrogen-bond acceptors (Lipinski definition) is 8. The zero-order valence-electron chi connectivity index (χ0n) is 10.4. The van der Waals surface area contributed by atoms with Crippen LogP contribution in [0.5, 0.6) is 0 Å². The van der Waals surface area contributed by atoms with Crippen LogP contribution < -0.4 is 17.0 Å². The molecule has 0 saturated heterocycles. The molecular weight excluding hydrogens is 276 g/mol. The van der Waals surface area contributed by atoms with E-state index in [1.165, 1.54) is 6.33 Å². The van der Waals surface area contributed by atoms with Crippen molar-refractivity contribution in [2.24, 2.45) is 0 Å². The molecule has 4 rings (SSSR count). The summed E-state index contributed by atoms with van der Waals surface area (Å²) in [5, 5.41) is 0. The van der Waals surface area contributed by atoms with Gasteiger partial charge in [0.05, 0.1) is 6.33 Å². The highest BCUT2D eigenvalue weighted by Gasteiger charge is 2.15. The Morgan fingerprint density at radius 2 is 1.81 bits per heavy atom. The second kappa shape index (κ2) is 3.75. The van der Waals surface area contributed by atoms with E-state index < -0.39 is 5.56 Å². The summed E-state index contributed by atoms with van der Waals surface area (Å²) < 4.78 is 0. The van der Waals surface area contributed by atoms with Crippen LogP contribution in [0.2, 0.25) is 0 Å². The molecule has 0 saturated carbocycles. The van der Waals surface area contributed by atoms with Crippen LogP contribution in [0.1, 0.15) is 0 Å². The smallest absolute Gasteiger partial charge is 0.278 e. The Hall–Kier alpha value is -3.50. The monoisotopic (exact) mass is 284 g/mol. The van der Waals surface area contributed by atoms with Gasteiger partial charge in [-0.1, -0.05) is 0 Å². The number of H-pyrrole nitrogens is 3. The first-order valence-corrected chi connectivity index (χ1v) is 5.84. The van der Waals surface area contributed by atoms with Crippen molar-refractivity contribution >= 4 is 34.1 Å². The number of nitrogens with zero attached hydrogens (tertiary/aromatic N) is 5. The second-order valence-electron chi connectivity index (χ2n) is 4.27. The molecule has 0 unspecified atom stereocenters. The van der Waals surface area contributed by atoms with Crippen LogP contribution in [0.4, 0.5) is 11.8 Å². The van der Waals surface area contributed by atoms with E-state index in [0.29, 0.717) is 11.2 Å². The SMILES string of the molecule is Nc1nc2nc(-c3nc(N)c4[nH]cnc4n3)[nH]c2c(=O)[nH]1. The van der Waals surface area contributed by atoms with E-state index in [1.807, 2.05) is 0 Å². The van der Waals surface area contributed by atoms with Crippen molar-refractivity contribution < 1.29 is 0 Å². The number of fused-ring (bicyclic) bond motifs is 2. The van der Waals surface area contributed by atoms with Gasteiger partial charge in [0.15, 0.2) is 34.3 Å². The molecule has 0 amide bonds. The van der Waals surface area contributed by atoms with E-state index >= 15 is 0 Å². The Balaban J connectivity index is 1.99. The minimum atomic E-state index is -0.426. The first-order chi connectivity index (χ1) is 10.1. The lowest BCUT2D eigenvalue weighted by molar-refractivity contribution is 1.15. The van der Waals surface area contributed by atoms with Crippen molar-refractivity contribution in [1.82, 2.24) is 39.9 Å². The van der Waals surface area contributed by atoms with E-state index in [-0.39, 0.29) is 34.6 Å². The van der Waals surface area contributed by atoms with Gasteiger partial charge in [0.25, 0.3) is 5.56 Å². The van der Waals surface area contributed by atoms with Gasteiger partial charge in [-0.3, -0.25) is 9.78 Å².